The molecule has 2 aliphatic carbocycles. The van der Waals surface area contributed by atoms with Gasteiger partial charge in [-0.15, -0.1) is 10.2 Å². The Kier molecular flexibility index (Phi) is 6.72. The van der Waals surface area contributed by atoms with Gasteiger partial charge in [0.2, 0.25) is 5.91 Å². The van der Waals surface area contributed by atoms with Crippen LogP contribution >= 0.6 is 11.8 Å². The van der Waals surface area contributed by atoms with Crippen molar-refractivity contribution in [2.45, 2.75) is 56.1 Å². The molecule has 0 aliphatic heterocycles. The van der Waals surface area contributed by atoms with E-state index >= 15 is 0 Å². The highest BCUT2D eigenvalue weighted by Gasteiger charge is 2.32. The topological polar surface area (TPSA) is 88.9 Å². The van der Waals surface area contributed by atoms with Gasteiger partial charge < -0.3 is 15.2 Å². The van der Waals surface area contributed by atoms with Gasteiger partial charge in [-0.05, 0) is 55.4 Å². The van der Waals surface area contributed by atoms with Crippen LogP contribution in [0.2, 0.25) is 0 Å². The molecule has 1 aromatic heterocycles. The standard InChI is InChI=1S/C22H29N5O2S/c1-27-14-23-26-22(27)30-13-20(28)24-18-9-7-16(8-10-18)21(29)25-19-11-6-15-4-2-3-5-17(15)12-19/h7-10,14-15,17,19H,2-6,11-13H2,1H3,(H,24,28)(H,25,29)/t15-,17-,19+/m1/s1. The molecular weight excluding hydrogens is 398 g/mol. The van der Waals surface area contributed by atoms with E-state index in [2.05, 4.69) is 20.8 Å². The van der Waals surface area contributed by atoms with Gasteiger partial charge in [-0.3, -0.25) is 9.59 Å². The molecule has 1 aromatic carbocycles. The lowest BCUT2D eigenvalue weighted by Gasteiger charge is -2.39. The summed E-state index contributed by atoms with van der Waals surface area (Å²) in [4.78, 5) is 24.8. The predicted molar refractivity (Wildman–Crippen MR) is 117 cm³/mol. The highest BCUT2D eigenvalue weighted by molar-refractivity contribution is 7.99. The van der Waals surface area contributed by atoms with Crippen LogP contribution in [0, 0.1) is 11.8 Å². The molecule has 7 nitrogen and oxygen atoms in total. The number of nitrogens with one attached hydrogen (secondary N) is 2. The van der Waals surface area contributed by atoms with Crippen molar-refractivity contribution in [3.63, 3.8) is 0 Å². The Morgan fingerprint density at radius 3 is 2.60 bits per heavy atom. The van der Waals surface area contributed by atoms with E-state index in [0.717, 1.165) is 24.7 Å². The summed E-state index contributed by atoms with van der Waals surface area (Å²) in [6.07, 6.45) is 10.5. The first-order valence-corrected chi connectivity index (χ1v) is 11.7. The van der Waals surface area contributed by atoms with Gasteiger partial charge in [0, 0.05) is 24.3 Å². The van der Waals surface area contributed by atoms with E-state index in [0.29, 0.717) is 16.4 Å². The van der Waals surface area contributed by atoms with Gasteiger partial charge in [-0.25, -0.2) is 0 Å². The number of benzene rings is 1. The molecule has 2 aromatic rings. The molecule has 8 heteroatoms. The van der Waals surface area contributed by atoms with Crippen LogP contribution in [0.1, 0.15) is 55.3 Å². The predicted octanol–water partition coefficient (Wildman–Crippen LogP) is 3.63. The average Bonchev–Trinajstić information content (AvgIpc) is 3.17. The van der Waals surface area contributed by atoms with Gasteiger partial charge in [0.1, 0.15) is 6.33 Å². The molecule has 2 fully saturated rings. The fourth-order valence-electron chi connectivity index (χ4n) is 4.71. The van der Waals surface area contributed by atoms with Gasteiger partial charge in [0.15, 0.2) is 5.16 Å². The summed E-state index contributed by atoms with van der Waals surface area (Å²) in [5, 5.41) is 14.5. The zero-order valence-electron chi connectivity index (χ0n) is 17.3. The van der Waals surface area contributed by atoms with Crippen molar-refractivity contribution >= 4 is 29.3 Å². The van der Waals surface area contributed by atoms with Gasteiger partial charge >= 0.3 is 0 Å². The molecule has 0 unspecified atom stereocenters. The van der Waals surface area contributed by atoms with E-state index < -0.39 is 0 Å². The van der Waals surface area contributed by atoms with E-state index in [9.17, 15) is 9.59 Å². The van der Waals surface area contributed by atoms with Crippen LogP contribution in [0.25, 0.3) is 0 Å². The monoisotopic (exact) mass is 427 g/mol. The van der Waals surface area contributed by atoms with Gasteiger partial charge in [-0.1, -0.05) is 37.4 Å². The van der Waals surface area contributed by atoms with Crippen molar-refractivity contribution in [1.82, 2.24) is 20.1 Å². The van der Waals surface area contributed by atoms with Crippen LogP contribution in [-0.4, -0.2) is 38.4 Å². The summed E-state index contributed by atoms with van der Waals surface area (Å²) in [6, 6.07) is 7.38. The first-order valence-electron chi connectivity index (χ1n) is 10.8. The van der Waals surface area contributed by atoms with E-state index in [1.165, 1.54) is 43.9 Å². The Morgan fingerprint density at radius 2 is 1.87 bits per heavy atom. The highest BCUT2D eigenvalue weighted by Crippen LogP contribution is 2.40. The van der Waals surface area contributed by atoms with Crippen LogP contribution in [-0.2, 0) is 11.8 Å². The number of hydrogen-bond donors (Lipinski definition) is 2. The summed E-state index contributed by atoms with van der Waals surface area (Å²) in [5.74, 6) is 1.77. The van der Waals surface area contributed by atoms with E-state index in [-0.39, 0.29) is 23.6 Å². The first-order chi connectivity index (χ1) is 14.6. The fraction of sp³-hybridized carbons (Fsp3) is 0.545. The summed E-state index contributed by atoms with van der Waals surface area (Å²) >= 11 is 1.33. The summed E-state index contributed by atoms with van der Waals surface area (Å²) in [7, 11) is 1.84. The van der Waals surface area contributed by atoms with Crippen molar-refractivity contribution in [1.29, 1.82) is 0 Å². The largest absolute Gasteiger partial charge is 0.349 e. The van der Waals surface area contributed by atoms with Crippen molar-refractivity contribution in [2.75, 3.05) is 11.1 Å². The Bertz CT molecular complexity index is 882. The minimum Gasteiger partial charge on any atom is -0.349 e. The summed E-state index contributed by atoms with van der Waals surface area (Å²) in [5.41, 5.74) is 1.31. The molecular formula is C22H29N5O2S. The number of aryl methyl sites for hydroxylation is 1. The maximum atomic E-state index is 12.7. The second kappa shape index (κ2) is 9.64. The number of hydrogen-bond acceptors (Lipinski definition) is 5. The molecule has 0 radical (unpaired) electrons. The molecule has 2 amide bonds. The number of amides is 2. The molecule has 30 heavy (non-hydrogen) atoms. The molecule has 2 saturated carbocycles. The van der Waals surface area contributed by atoms with Crippen LogP contribution in [0.3, 0.4) is 0 Å². The number of thioether (sulfide) groups is 1. The summed E-state index contributed by atoms with van der Waals surface area (Å²) in [6.45, 7) is 0. The molecule has 0 saturated heterocycles. The Labute approximate surface area is 181 Å². The SMILES string of the molecule is Cn1cnnc1SCC(=O)Nc1ccc(C(=O)N[C@H]2CC[C@H]3CCCC[C@@H]3C2)cc1. The van der Waals surface area contributed by atoms with Crippen LogP contribution in [0.4, 0.5) is 5.69 Å². The third-order valence-corrected chi connectivity index (χ3v) is 7.34. The first kappa shape index (κ1) is 20.9. The third-order valence-electron chi connectivity index (χ3n) is 6.31. The number of aromatic nitrogens is 3. The van der Waals surface area contributed by atoms with Gasteiger partial charge in [-0.2, -0.15) is 0 Å². The lowest BCUT2D eigenvalue weighted by atomic mass is 9.69. The second-order valence-corrected chi connectivity index (χ2v) is 9.37. The Balaban J connectivity index is 1.25. The lowest BCUT2D eigenvalue weighted by molar-refractivity contribution is -0.113. The second-order valence-electron chi connectivity index (χ2n) is 8.43. The molecule has 0 bridgehead atoms. The van der Waals surface area contributed by atoms with Crippen molar-refractivity contribution < 1.29 is 9.59 Å². The number of rotatable bonds is 6. The van der Waals surface area contributed by atoms with Crippen molar-refractivity contribution in [2.24, 2.45) is 18.9 Å². The Morgan fingerprint density at radius 1 is 1.10 bits per heavy atom. The number of carbonyl (C=O) groups excluding carboxylic acids is 2. The number of anilines is 1. The van der Waals surface area contributed by atoms with Crippen LogP contribution < -0.4 is 10.6 Å². The van der Waals surface area contributed by atoms with E-state index in [4.69, 9.17) is 0 Å². The molecule has 2 aliphatic rings. The maximum Gasteiger partial charge on any atom is 0.251 e. The molecule has 2 N–H and O–H groups in total. The highest BCUT2D eigenvalue weighted by atomic mass is 32.2. The minimum absolute atomic E-state index is 0.0232. The molecule has 4 rings (SSSR count). The lowest BCUT2D eigenvalue weighted by Crippen LogP contribution is -2.41. The molecule has 160 valence electrons. The normalized spacial score (nSPS) is 23.4. The quantitative estimate of drug-likeness (QED) is 0.687. The fourth-order valence-corrected chi connectivity index (χ4v) is 5.40. The zero-order chi connectivity index (χ0) is 20.9. The summed E-state index contributed by atoms with van der Waals surface area (Å²) < 4.78 is 1.77. The maximum absolute atomic E-state index is 12.7. The van der Waals surface area contributed by atoms with Crippen LogP contribution in [0.15, 0.2) is 35.7 Å². The smallest absolute Gasteiger partial charge is 0.251 e. The van der Waals surface area contributed by atoms with Gasteiger partial charge in [0.05, 0.1) is 5.75 Å². The Hall–Kier alpha value is -2.35. The van der Waals surface area contributed by atoms with E-state index in [1.54, 1.807) is 35.2 Å². The molecule has 0 spiro atoms. The number of carbonyl (C=O) groups is 2. The van der Waals surface area contributed by atoms with Crippen LogP contribution in [0.5, 0.6) is 0 Å². The number of fused-ring (bicyclic) bond motifs is 1. The van der Waals surface area contributed by atoms with Gasteiger partial charge in [0.25, 0.3) is 5.91 Å². The number of nitrogens with zero attached hydrogens (tertiary/aromatic N) is 3. The average molecular weight is 428 g/mol. The van der Waals surface area contributed by atoms with Crippen molar-refractivity contribution in [3.8, 4) is 0 Å². The molecule has 3 atom stereocenters. The minimum atomic E-state index is -0.121. The third kappa shape index (κ3) is 5.22. The molecule has 1 heterocycles. The van der Waals surface area contributed by atoms with Crippen molar-refractivity contribution in [3.05, 3.63) is 36.2 Å². The van der Waals surface area contributed by atoms with E-state index in [1.807, 2.05) is 7.05 Å². The zero-order valence-corrected chi connectivity index (χ0v) is 18.2.